The Labute approximate surface area is 147 Å². The summed E-state index contributed by atoms with van der Waals surface area (Å²) in [5, 5.41) is 5.37. The number of carbonyl (C=O) groups is 2. The monoisotopic (exact) mass is 350 g/mol. The zero-order valence-corrected chi connectivity index (χ0v) is 14.9. The topological polar surface area (TPSA) is 92.8 Å². The first kappa shape index (κ1) is 19.0. The predicted molar refractivity (Wildman–Crippen MR) is 94.7 cm³/mol. The summed E-state index contributed by atoms with van der Waals surface area (Å²) in [5.41, 5.74) is 0.582. The van der Waals surface area contributed by atoms with E-state index in [9.17, 15) is 9.59 Å². The summed E-state index contributed by atoms with van der Waals surface area (Å²) in [6, 6.07) is 2.99. The Bertz CT molecular complexity index is 571. The van der Waals surface area contributed by atoms with Crippen LogP contribution in [0.2, 0.25) is 0 Å². The molecule has 1 atom stereocenters. The lowest BCUT2D eigenvalue weighted by atomic mass is 10.0. The second-order valence-electron chi connectivity index (χ2n) is 6.08. The highest BCUT2D eigenvalue weighted by Crippen LogP contribution is 2.16. The standard InChI is InChI=1S/C17H26N4O4/c1-4-25-17(23)20-15(12(2)3)16(22)19-13-5-6-14(18-11-13)21-7-9-24-10-8-21/h5-6,11-12,15H,4,7-10H2,1-3H3,(H,19,22)(H,20,23). The van der Waals surface area contributed by atoms with Gasteiger partial charge in [-0.3, -0.25) is 4.79 Å². The van der Waals surface area contributed by atoms with Gasteiger partial charge in [0.15, 0.2) is 0 Å². The minimum Gasteiger partial charge on any atom is -0.450 e. The fraction of sp³-hybridized carbons (Fsp3) is 0.588. The summed E-state index contributed by atoms with van der Waals surface area (Å²) in [6.07, 6.45) is 1.02. The number of hydrogen-bond acceptors (Lipinski definition) is 6. The van der Waals surface area contributed by atoms with E-state index in [2.05, 4.69) is 20.5 Å². The van der Waals surface area contributed by atoms with Crippen molar-refractivity contribution in [2.24, 2.45) is 5.92 Å². The molecule has 1 aromatic heterocycles. The van der Waals surface area contributed by atoms with E-state index in [-0.39, 0.29) is 18.4 Å². The lowest BCUT2D eigenvalue weighted by Gasteiger charge is -2.27. The van der Waals surface area contributed by atoms with E-state index >= 15 is 0 Å². The molecule has 0 saturated carbocycles. The van der Waals surface area contributed by atoms with E-state index in [0.29, 0.717) is 18.9 Å². The molecule has 8 heteroatoms. The minimum atomic E-state index is -0.682. The molecular formula is C17H26N4O4. The number of rotatable bonds is 6. The van der Waals surface area contributed by atoms with Gasteiger partial charge in [0.2, 0.25) is 5.91 Å². The number of ether oxygens (including phenoxy) is 2. The van der Waals surface area contributed by atoms with E-state index in [1.807, 2.05) is 19.9 Å². The summed E-state index contributed by atoms with van der Waals surface area (Å²) < 4.78 is 10.2. The molecule has 0 bridgehead atoms. The fourth-order valence-corrected chi connectivity index (χ4v) is 2.49. The molecule has 2 heterocycles. The largest absolute Gasteiger partial charge is 0.450 e. The molecule has 1 fully saturated rings. The van der Waals surface area contributed by atoms with Crippen LogP contribution in [-0.2, 0) is 14.3 Å². The van der Waals surface area contributed by atoms with Gasteiger partial charge in [0, 0.05) is 13.1 Å². The molecule has 0 aliphatic carbocycles. The SMILES string of the molecule is CCOC(=O)NC(C(=O)Nc1ccc(N2CCOCC2)nc1)C(C)C. The van der Waals surface area contributed by atoms with Crippen molar-refractivity contribution >= 4 is 23.5 Å². The van der Waals surface area contributed by atoms with Crippen LogP contribution in [0, 0.1) is 5.92 Å². The first-order valence-electron chi connectivity index (χ1n) is 8.54. The van der Waals surface area contributed by atoms with E-state index in [1.165, 1.54) is 0 Å². The number of nitrogens with one attached hydrogen (secondary N) is 2. The first-order valence-corrected chi connectivity index (χ1v) is 8.54. The zero-order valence-electron chi connectivity index (χ0n) is 14.9. The number of pyridine rings is 1. The van der Waals surface area contributed by atoms with Crippen molar-refractivity contribution in [2.45, 2.75) is 26.8 Å². The van der Waals surface area contributed by atoms with Crippen LogP contribution in [0.1, 0.15) is 20.8 Å². The van der Waals surface area contributed by atoms with Crippen LogP contribution in [0.5, 0.6) is 0 Å². The smallest absolute Gasteiger partial charge is 0.407 e. The highest BCUT2D eigenvalue weighted by atomic mass is 16.5. The van der Waals surface area contributed by atoms with Crippen molar-refractivity contribution in [1.29, 1.82) is 0 Å². The highest BCUT2D eigenvalue weighted by molar-refractivity contribution is 5.96. The highest BCUT2D eigenvalue weighted by Gasteiger charge is 2.25. The van der Waals surface area contributed by atoms with Gasteiger partial charge in [-0.1, -0.05) is 13.8 Å². The average Bonchev–Trinajstić information content (AvgIpc) is 2.61. The van der Waals surface area contributed by atoms with Gasteiger partial charge in [-0.25, -0.2) is 9.78 Å². The number of carbonyl (C=O) groups excluding carboxylic acids is 2. The molecule has 0 radical (unpaired) electrons. The molecular weight excluding hydrogens is 324 g/mol. The number of nitrogens with zero attached hydrogens (tertiary/aromatic N) is 2. The average molecular weight is 350 g/mol. The second kappa shape index (κ2) is 9.22. The van der Waals surface area contributed by atoms with Gasteiger partial charge in [0.05, 0.1) is 31.7 Å². The molecule has 0 spiro atoms. The normalized spacial score (nSPS) is 15.6. The molecule has 0 aromatic carbocycles. The maximum absolute atomic E-state index is 12.4. The Morgan fingerprint density at radius 3 is 2.60 bits per heavy atom. The first-order chi connectivity index (χ1) is 12.0. The van der Waals surface area contributed by atoms with E-state index < -0.39 is 12.1 Å². The Balaban J connectivity index is 1.96. The van der Waals surface area contributed by atoms with E-state index in [1.54, 1.807) is 19.2 Å². The van der Waals surface area contributed by atoms with Crippen molar-refractivity contribution < 1.29 is 19.1 Å². The molecule has 2 rings (SSSR count). The number of morpholine rings is 1. The van der Waals surface area contributed by atoms with Gasteiger partial charge in [0.25, 0.3) is 0 Å². The van der Waals surface area contributed by atoms with Crippen LogP contribution in [0.25, 0.3) is 0 Å². The Morgan fingerprint density at radius 2 is 2.04 bits per heavy atom. The fourth-order valence-electron chi connectivity index (χ4n) is 2.49. The van der Waals surface area contributed by atoms with E-state index in [4.69, 9.17) is 9.47 Å². The van der Waals surface area contributed by atoms with Gasteiger partial charge in [0.1, 0.15) is 11.9 Å². The number of hydrogen-bond donors (Lipinski definition) is 2. The van der Waals surface area contributed by atoms with Crippen molar-refractivity contribution in [2.75, 3.05) is 43.1 Å². The van der Waals surface area contributed by atoms with Gasteiger partial charge in [-0.05, 0) is 25.0 Å². The molecule has 25 heavy (non-hydrogen) atoms. The van der Waals surface area contributed by atoms with Crippen LogP contribution in [-0.4, -0.2) is 55.9 Å². The quantitative estimate of drug-likeness (QED) is 0.810. The summed E-state index contributed by atoms with van der Waals surface area (Å²) >= 11 is 0. The second-order valence-corrected chi connectivity index (χ2v) is 6.08. The predicted octanol–water partition coefficient (Wildman–Crippen LogP) is 1.63. The van der Waals surface area contributed by atoms with Crippen molar-refractivity contribution in [3.63, 3.8) is 0 Å². The summed E-state index contributed by atoms with van der Waals surface area (Å²) in [6.45, 7) is 8.67. The number of anilines is 2. The Hall–Kier alpha value is -2.35. The van der Waals surface area contributed by atoms with E-state index in [0.717, 1.165) is 18.9 Å². The third kappa shape index (κ3) is 5.60. The molecule has 1 saturated heterocycles. The minimum absolute atomic E-state index is 0.0787. The van der Waals surface area contributed by atoms with Crippen molar-refractivity contribution in [1.82, 2.24) is 10.3 Å². The van der Waals surface area contributed by atoms with Crippen LogP contribution in [0.3, 0.4) is 0 Å². The molecule has 2 amide bonds. The Kier molecular flexibility index (Phi) is 7.00. The number of aromatic nitrogens is 1. The number of alkyl carbamates (subject to hydrolysis) is 1. The van der Waals surface area contributed by atoms with Crippen LogP contribution in [0.4, 0.5) is 16.3 Å². The lowest BCUT2D eigenvalue weighted by molar-refractivity contribution is -0.119. The maximum atomic E-state index is 12.4. The van der Waals surface area contributed by atoms with Gasteiger partial charge in [-0.15, -0.1) is 0 Å². The molecule has 1 aliphatic rings. The summed E-state index contributed by atoms with van der Waals surface area (Å²) in [7, 11) is 0. The summed E-state index contributed by atoms with van der Waals surface area (Å²) in [5.74, 6) is 0.473. The molecule has 138 valence electrons. The van der Waals surface area contributed by atoms with Crippen molar-refractivity contribution in [3.05, 3.63) is 18.3 Å². The Morgan fingerprint density at radius 1 is 1.32 bits per heavy atom. The molecule has 1 aromatic rings. The molecule has 8 nitrogen and oxygen atoms in total. The van der Waals surface area contributed by atoms with Gasteiger partial charge in [-0.2, -0.15) is 0 Å². The third-order valence-electron chi connectivity index (χ3n) is 3.85. The van der Waals surface area contributed by atoms with Crippen LogP contribution in [0.15, 0.2) is 18.3 Å². The molecule has 1 aliphatic heterocycles. The lowest BCUT2D eigenvalue weighted by Crippen LogP contribution is -2.47. The third-order valence-corrected chi connectivity index (χ3v) is 3.85. The molecule has 1 unspecified atom stereocenters. The maximum Gasteiger partial charge on any atom is 0.407 e. The van der Waals surface area contributed by atoms with Crippen LogP contribution < -0.4 is 15.5 Å². The zero-order chi connectivity index (χ0) is 18.2. The van der Waals surface area contributed by atoms with Gasteiger partial charge >= 0.3 is 6.09 Å². The van der Waals surface area contributed by atoms with Crippen molar-refractivity contribution in [3.8, 4) is 0 Å². The molecule has 2 N–H and O–H groups in total. The van der Waals surface area contributed by atoms with Gasteiger partial charge < -0.3 is 25.0 Å². The summed E-state index contributed by atoms with van der Waals surface area (Å²) in [4.78, 5) is 30.6. The number of amides is 2. The van der Waals surface area contributed by atoms with Crippen LogP contribution >= 0.6 is 0 Å².